The molecule has 0 heterocycles. The molecule has 1 atom stereocenters. The summed E-state index contributed by atoms with van der Waals surface area (Å²) in [6.07, 6.45) is -1.40. The van der Waals surface area contributed by atoms with E-state index in [1.165, 1.54) is 0 Å². The Balaban J connectivity index is 2.86. The molecule has 1 aromatic rings. The molecular formula is C11H13BrF2O2. The average Bonchev–Trinajstić information content (AvgIpc) is 2.12. The Bertz CT molecular complexity index is 346. The standard InChI is InChI=1S/C11H13BrF2O2/c1-6(2)16-5-10(15)11-8(13)3-7(12)4-9(11)14/h3-4,6,10,15H,5H2,1-2H3. The van der Waals surface area contributed by atoms with Crippen LogP contribution in [0.15, 0.2) is 16.6 Å². The molecule has 1 aromatic carbocycles. The third kappa shape index (κ3) is 3.50. The molecule has 2 nitrogen and oxygen atoms in total. The summed E-state index contributed by atoms with van der Waals surface area (Å²) < 4.78 is 32.2. The molecule has 0 aromatic heterocycles. The van der Waals surface area contributed by atoms with Gasteiger partial charge in [0, 0.05) is 4.47 Å². The second-order valence-electron chi connectivity index (χ2n) is 3.68. The van der Waals surface area contributed by atoms with Crippen molar-refractivity contribution in [3.63, 3.8) is 0 Å². The normalized spacial score (nSPS) is 13.2. The summed E-state index contributed by atoms with van der Waals surface area (Å²) in [4.78, 5) is 0. The zero-order valence-corrected chi connectivity index (χ0v) is 10.6. The van der Waals surface area contributed by atoms with E-state index in [9.17, 15) is 13.9 Å². The van der Waals surface area contributed by atoms with Gasteiger partial charge in [0.2, 0.25) is 0 Å². The van der Waals surface area contributed by atoms with Crippen molar-refractivity contribution in [3.8, 4) is 0 Å². The van der Waals surface area contributed by atoms with Gasteiger partial charge in [0.05, 0.1) is 18.3 Å². The van der Waals surface area contributed by atoms with Crippen LogP contribution in [0, 0.1) is 11.6 Å². The molecular weight excluding hydrogens is 282 g/mol. The van der Waals surface area contributed by atoms with Crippen LogP contribution in [-0.4, -0.2) is 17.8 Å². The van der Waals surface area contributed by atoms with Crippen LogP contribution in [0.4, 0.5) is 8.78 Å². The average molecular weight is 295 g/mol. The van der Waals surface area contributed by atoms with Crippen LogP contribution in [0.2, 0.25) is 0 Å². The van der Waals surface area contributed by atoms with Crippen molar-refractivity contribution in [1.29, 1.82) is 0 Å². The zero-order chi connectivity index (χ0) is 12.3. The molecule has 0 amide bonds. The molecule has 16 heavy (non-hydrogen) atoms. The SMILES string of the molecule is CC(C)OCC(O)c1c(F)cc(Br)cc1F. The van der Waals surface area contributed by atoms with Gasteiger partial charge >= 0.3 is 0 Å². The Hall–Kier alpha value is -0.520. The van der Waals surface area contributed by atoms with E-state index in [-0.39, 0.29) is 18.3 Å². The molecule has 0 spiro atoms. The molecule has 1 unspecified atom stereocenters. The highest BCUT2D eigenvalue weighted by atomic mass is 79.9. The van der Waals surface area contributed by atoms with Gasteiger partial charge in [-0.05, 0) is 26.0 Å². The molecule has 0 radical (unpaired) electrons. The fourth-order valence-corrected chi connectivity index (χ4v) is 1.64. The largest absolute Gasteiger partial charge is 0.386 e. The van der Waals surface area contributed by atoms with E-state index in [1.807, 2.05) is 0 Å². The third-order valence-corrected chi connectivity index (χ3v) is 2.42. The predicted molar refractivity (Wildman–Crippen MR) is 60.1 cm³/mol. The Morgan fingerprint density at radius 2 is 1.81 bits per heavy atom. The van der Waals surface area contributed by atoms with Gasteiger partial charge in [-0.15, -0.1) is 0 Å². The lowest BCUT2D eigenvalue weighted by Gasteiger charge is -2.15. The first kappa shape index (κ1) is 13.5. The van der Waals surface area contributed by atoms with E-state index in [2.05, 4.69) is 15.9 Å². The molecule has 0 fully saturated rings. The van der Waals surface area contributed by atoms with Crippen LogP contribution in [0.25, 0.3) is 0 Å². The van der Waals surface area contributed by atoms with Gasteiger partial charge in [-0.25, -0.2) is 8.78 Å². The van der Waals surface area contributed by atoms with Gasteiger partial charge in [0.25, 0.3) is 0 Å². The highest BCUT2D eigenvalue weighted by Crippen LogP contribution is 2.25. The van der Waals surface area contributed by atoms with Crippen LogP contribution in [0.3, 0.4) is 0 Å². The van der Waals surface area contributed by atoms with Crippen molar-refractivity contribution in [2.45, 2.75) is 26.1 Å². The van der Waals surface area contributed by atoms with Gasteiger partial charge in [-0.3, -0.25) is 0 Å². The van der Waals surface area contributed by atoms with E-state index in [1.54, 1.807) is 13.8 Å². The number of hydrogen-bond donors (Lipinski definition) is 1. The van der Waals surface area contributed by atoms with E-state index < -0.39 is 17.7 Å². The van der Waals surface area contributed by atoms with Gasteiger partial charge in [0.15, 0.2) is 0 Å². The van der Waals surface area contributed by atoms with E-state index in [4.69, 9.17) is 4.74 Å². The van der Waals surface area contributed by atoms with E-state index in [0.29, 0.717) is 4.47 Å². The number of rotatable bonds is 4. The minimum Gasteiger partial charge on any atom is -0.386 e. The summed E-state index contributed by atoms with van der Waals surface area (Å²) in [5, 5.41) is 9.60. The summed E-state index contributed by atoms with van der Waals surface area (Å²) in [6, 6.07) is 2.22. The van der Waals surface area contributed by atoms with Gasteiger partial charge < -0.3 is 9.84 Å². The summed E-state index contributed by atoms with van der Waals surface area (Å²) in [7, 11) is 0. The molecule has 0 saturated carbocycles. The van der Waals surface area contributed by atoms with Crippen LogP contribution in [0.1, 0.15) is 25.5 Å². The molecule has 0 aliphatic heterocycles. The second kappa shape index (κ2) is 5.70. The molecule has 0 saturated heterocycles. The van der Waals surface area contributed by atoms with Crippen molar-refractivity contribution in [1.82, 2.24) is 0 Å². The molecule has 90 valence electrons. The number of aliphatic hydroxyl groups is 1. The Kier molecular flexibility index (Phi) is 4.83. The molecule has 0 bridgehead atoms. The van der Waals surface area contributed by atoms with Gasteiger partial charge in [0.1, 0.15) is 17.7 Å². The third-order valence-electron chi connectivity index (χ3n) is 1.96. The lowest BCUT2D eigenvalue weighted by atomic mass is 10.1. The van der Waals surface area contributed by atoms with Crippen LogP contribution in [0.5, 0.6) is 0 Å². The number of benzene rings is 1. The molecule has 1 N–H and O–H groups in total. The van der Waals surface area contributed by atoms with E-state index in [0.717, 1.165) is 12.1 Å². The lowest BCUT2D eigenvalue weighted by molar-refractivity contribution is 0.00215. The Labute approximate surface area is 101 Å². The highest BCUT2D eigenvalue weighted by molar-refractivity contribution is 9.10. The number of aliphatic hydroxyl groups excluding tert-OH is 1. The van der Waals surface area contributed by atoms with Crippen LogP contribution in [-0.2, 0) is 4.74 Å². The maximum absolute atomic E-state index is 13.4. The predicted octanol–water partition coefficient (Wildman–Crippen LogP) is 3.19. The van der Waals surface area contributed by atoms with Crippen molar-refractivity contribution in [2.75, 3.05) is 6.61 Å². The van der Waals surface area contributed by atoms with Crippen molar-refractivity contribution < 1.29 is 18.6 Å². The first-order valence-electron chi connectivity index (χ1n) is 4.86. The van der Waals surface area contributed by atoms with Crippen molar-refractivity contribution >= 4 is 15.9 Å². The molecule has 0 aliphatic rings. The number of halogens is 3. The van der Waals surface area contributed by atoms with Crippen molar-refractivity contribution in [3.05, 3.63) is 33.8 Å². The fraction of sp³-hybridized carbons (Fsp3) is 0.455. The summed E-state index contributed by atoms with van der Waals surface area (Å²) >= 11 is 2.97. The number of hydrogen-bond acceptors (Lipinski definition) is 2. The smallest absolute Gasteiger partial charge is 0.133 e. The number of ether oxygens (including phenoxy) is 1. The summed E-state index contributed by atoms with van der Waals surface area (Å²) in [5.41, 5.74) is -0.358. The Morgan fingerprint density at radius 3 is 2.25 bits per heavy atom. The minimum absolute atomic E-state index is 0.101. The fourth-order valence-electron chi connectivity index (χ4n) is 1.24. The van der Waals surface area contributed by atoms with Crippen LogP contribution >= 0.6 is 15.9 Å². The summed E-state index contributed by atoms with van der Waals surface area (Å²) in [5.74, 6) is -1.57. The van der Waals surface area contributed by atoms with E-state index >= 15 is 0 Å². The van der Waals surface area contributed by atoms with Crippen LogP contribution < -0.4 is 0 Å². The Morgan fingerprint density at radius 1 is 1.31 bits per heavy atom. The maximum Gasteiger partial charge on any atom is 0.133 e. The monoisotopic (exact) mass is 294 g/mol. The molecule has 0 aliphatic carbocycles. The topological polar surface area (TPSA) is 29.5 Å². The second-order valence-corrected chi connectivity index (χ2v) is 4.60. The van der Waals surface area contributed by atoms with Gasteiger partial charge in [-0.2, -0.15) is 0 Å². The highest BCUT2D eigenvalue weighted by Gasteiger charge is 2.19. The van der Waals surface area contributed by atoms with Crippen molar-refractivity contribution in [2.24, 2.45) is 0 Å². The first-order chi connectivity index (χ1) is 7.41. The molecule has 1 rings (SSSR count). The maximum atomic E-state index is 13.4. The first-order valence-corrected chi connectivity index (χ1v) is 5.65. The minimum atomic E-state index is -1.30. The molecule has 5 heteroatoms. The zero-order valence-electron chi connectivity index (χ0n) is 9.01. The summed E-state index contributed by atoms with van der Waals surface area (Å²) in [6.45, 7) is 3.43. The van der Waals surface area contributed by atoms with Gasteiger partial charge in [-0.1, -0.05) is 15.9 Å². The quantitative estimate of drug-likeness (QED) is 0.924. The lowest BCUT2D eigenvalue weighted by Crippen LogP contribution is -2.14.